The molecule has 0 aliphatic heterocycles. The number of H-pyrrole nitrogens is 2. The second-order valence-electron chi connectivity index (χ2n) is 9.20. The Bertz CT molecular complexity index is 1470. The van der Waals surface area contributed by atoms with Crippen LogP contribution in [0.15, 0.2) is 46.1 Å². The summed E-state index contributed by atoms with van der Waals surface area (Å²) in [7, 11) is 0. The summed E-state index contributed by atoms with van der Waals surface area (Å²) in [5, 5.41) is 4.26. The zero-order chi connectivity index (χ0) is 23.1. The maximum absolute atomic E-state index is 13.2. The van der Waals surface area contributed by atoms with E-state index in [0.29, 0.717) is 25.2 Å². The minimum absolute atomic E-state index is 0.171. The third-order valence-corrected chi connectivity index (χ3v) is 6.11. The predicted octanol–water partition coefficient (Wildman–Crippen LogP) is 3.07. The van der Waals surface area contributed by atoms with Gasteiger partial charge in [-0.15, -0.1) is 0 Å². The highest BCUT2D eigenvalue weighted by Gasteiger charge is 2.28. The molecule has 0 bridgehead atoms. The van der Waals surface area contributed by atoms with Gasteiger partial charge >= 0.3 is 5.69 Å². The van der Waals surface area contributed by atoms with Gasteiger partial charge in [0.05, 0.1) is 10.9 Å². The Morgan fingerprint density at radius 1 is 1.24 bits per heavy atom. The van der Waals surface area contributed by atoms with Gasteiger partial charge in [0.2, 0.25) is 0 Å². The van der Waals surface area contributed by atoms with Crippen LogP contribution in [0.2, 0.25) is 0 Å². The molecular formula is C25H27N5O3. The van der Waals surface area contributed by atoms with Gasteiger partial charge in [0.1, 0.15) is 0 Å². The number of hydrogen-bond acceptors (Lipinski definition) is 4. The number of nitrogens with zero attached hydrogens (tertiary/aromatic N) is 2. The molecular weight excluding hydrogens is 418 g/mol. The number of nitrogens with one attached hydrogen (secondary N) is 3. The summed E-state index contributed by atoms with van der Waals surface area (Å²) in [6.45, 7) is 4.82. The molecule has 0 unspecified atom stereocenters. The van der Waals surface area contributed by atoms with Gasteiger partial charge in [0.25, 0.3) is 11.5 Å². The van der Waals surface area contributed by atoms with E-state index in [4.69, 9.17) is 0 Å². The van der Waals surface area contributed by atoms with Crippen molar-refractivity contribution in [2.24, 2.45) is 5.92 Å². The van der Waals surface area contributed by atoms with Crippen molar-refractivity contribution in [1.29, 1.82) is 0 Å². The summed E-state index contributed by atoms with van der Waals surface area (Å²) in [6.07, 6.45) is 4.61. The minimum Gasteiger partial charge on any atom is -0.361 e. The Kier molecular flexibility index (Phi) is 5.36. The van der Waals surface area contributed by atoms with Crippen LogP contribution in [0.1, 0.15) is 54.2 Å². The largest absolute Gasteiger partial charge is 0.361 e. The number of aromatic amines is 2. The lowest BCUT2D eigenvalue weighted by atomic mass is 10.1. The highest BCUT2D eigenvalue weighted by atomic mass is 16.2. The van der Waals surface area contributed by atoms with Crippen molar-refractivity contribution in [2.45, 2.75) is 45.6 Å². The van der Waals surface area contributed by atoms with Crippen LogP contribution in [0, 0.1) is 5.92 Å². The van der Waals surface area contributed by atoms with Crippen LogP contribution in [0.25, 0.3) is 21.9 Å². The molecule has 0 saturated heterocycles. The summed E-state index contributed by atoms with van der Waals surface area (Å²) >= 11 is 0. The molecule has 1 saturated carbocycles. The second kappa shape index (κ2) is 8.35. The maximum Gasteiger partial charge on any atom is 0.330 e. The van der Waals surface area contributed by atoms with E-state index in [9.17, 15) is 14.4 Å². The molecule has 8 nitrogen and oxygen atoms in total. The number of fused-ring (bicyclic) bond motifs is 2. The van der Waals surface area contributed by atoms with Gasteiger partial charge in [-0.3, -0.25) is 19.1 Å². The number of rotatable bonds is 7. The van der Waals surface area contributed by atoms with Crippen LogP contribution in [-0.4, -0.2) is 32.0 Å². The number of carbonyl (C=O) groups excluding carboxylic acids is 1. The second-order valence-corrected chi connectivity index (χ2v) is 9.20. The van der Waals surface area contributed by atoms with Gasteiger partial charge < -0.3 is 10.3 Å². The molecule has 1 aliphatic carbocycles. The van der Waals surface area contributed by atoms with E-state index in [1.54, 1.807) is 6.07 Å². The summed E-state index contributed by atoms with van der Waals surface area (Å²) in [4.78, 5) is 48.8. The van der Waals surface area contributed by atoms with E-state index < -0.39 is 11.2 Å². The van der Waals surface area contributed by atoms with Crippen molar-refractivity contribution in [1.82, 2.24) is 24.8 Å². The molecule has 170 valence electrons. The van der Waals surface area contributed by atoms with Crippen LogP contribution in [-0.2, 0) is 13.0 Å². The number of amides is 1. The zero-order valence-electron chi connectivity index (χ0n) is 18.8. The highest BCUT2D eigenvalue weighted by Crippen LogP contribution is 2.39. The third-order valence-electron chi connectivity index (χ3n) is 6.11. The zero-order valence-corrected chi connectivity index (χ0v) is 18.8. The molecule has 4 aromatic rings. The number of carbonyl (C=O) groups is 1. The molecule has 33 heavy (non-hydrogen) atoms. The Labute approximate surface area is 190 Å². The number of pyridine rings is 1. The summed E-state index contributed by atoms with van der Waals surface area (Å²) in [5.41, 5.74) is 2.45. The molecule has 5 rings (SSSR count). The normalized spacial score (nSPS) is 13.8. The molecule has 3 N–H and O–H groups in total. The average molecular weight is 446 g/mol. The minimum atomic E-state index is -0.577. The fraction of sp³-hybridized carbons (Fsp3) is 0.360. The number of para-hydroxylation sites is 1. The lowest BCUT2D eigenvalue weighted by molar-refractivity contribution is 0.0955. The standard InChI is InChI=1S/C25H27N5O3/c1-14(2)13-30-22-21(24(32)29-25(30)33)18(11-20(28-22)15-7-8-15)23(31)26-10-9-16-12-27-19-6-4-3-5-17(16)19/h3-6,11-12,14-15,27H,7-10,13H2,1-2H3,(H,26,31)(H,29,32,33). The monoisotopic (exact) mass is 445 g/mol. The SMILES string of the molecule is CC(C)Cn1c(=O)[nH]c(=O)c2c(C(=O)NCCc3c[nH]c4ccccc34)cc(C3CC3)nc21. The van der Waals surface area contributed by atoms with Gasteiger partial charge in [0, 0.05) is 41.8 Å². The number of hydrogen-bond donors (Lipinski definition) is 3. The topological polar surface area (TPSA) is 113 Å². The first-order chi connectivity index (χ1) is 15.9. The molecule has 0 spiro atoms. The number of aromatic nitrogens is 4. The van der Waals surface area contributed by atoms with Crippen molar-refractivity contribution in [3.63, 3.8) is 0 Å². The quantitative estimate of drug-likeness (QED) is 0.406. The van der Waals surface area contributed by atoms with E-state index in [0.717, 1.165) is 35.0 Å². The van der Waals surface area contributed by atoms with Gasteiger partial charge in [-0.1, -0.05) is 32.0 Å². The van der Waals surface area contributed by atoms with Crippen molar-refractivity contribution in [3.8, 4) is 0 Å². The Morgan fingerprint density at radius 2 is 2.03 bits per heavy atom. The van der Waals surface area contributed by atoms with E-state index in [1.807, 2.05) is 38.2 Å². The molecule has 8 heteroatoms. The molecule has 1 fully saturated rings. The molecule has 1 amide bonds. The van der Waals surface area contributed by atoms with Crippen LogP contribution < -0.4 is 16.6 Å². The molecule has 3 heterocycles. The summed E-state index contributed by atoms with van der Waals surface area (Å²) in [5.74, 6) is 0.120. The van der Waals surface area contributed by atoms with Crippen molar-refractivity contribution in [2.75, 3.05) is 6.54 Å². The van der Waals surface area contributed by atoms with Gasteiger partial charge in [-0.2, -0.15) is 0 Å². The van der Waals surface area contributed by atoms with Crippen LogP contribution >= 0.6 is 0 Å². The Balaban J connectivity index is 1.49. The maximum atomic E-state index is 13.2. The van der Waals surface area contributed by atoms with Gasteiger partial charge in [-0.25, -0.2) is 9.78 Å². The average Bonchev–Trinajstić information content (AvgIpc) is 3.56. The van der Waals surface area contributed by atoms with E-state index in [1.165, 1.54) is 4.57 Å². The lowest BCUT2D eigenvalue weighted by Gasteiger charge is -2.14. The van der Waals surface area contributed by atoms with Crippen molar-refractivity contribution < 1.29 is 4.79 Å². The van der Waals surface area contributed by atoms with Crippen LogP contribution in [0.4, 0.5) is 0 Å². The Hall–Kier alpha value is -3.68. The number of benzene rings is 1. The van der Waals surface area contributed by atoms with E-state index in [2.05, 4.69) is 26.3 Å². The molecule has 3 aromatic heterocycles. The highest BCUT2D eigenvalue weighted by molar-refractivity contribution is 6.05. The van der Waals surface area contributed by atoms with Crippen LogP contribution in [0.5, 0.6) is 0 Å². The first kappa shape index (κ1) is 21.2. The molecule has 0 atom stereocenters. The lowest BCUT2D eigenvalue weighted by Crippen LogP contribution is -2.34. The van der Waals surface area contributed by atoms with Gasteiger partial charge in [-0.05, 0) is 42.9 Å². The van der Waals surface area contributed by atoms with E-state index in [-0.39, 0.29) is 28.7 Å². The van der Waals surface area contributed by atoms with Crippen molar-refractivity contribution >= 4 is 27.8 Å². The predicted molar refractivity (Wildman–Crippen MR) is 128 cm³/mol. The first-order valence-electron chi connectivity index (χ1n) is 11.4. The van der Waals surface area contributed by atoms with Crippen LogP contribution in [0.3, 0.4) is 0 Å². The molecule has 0 radical (unpaired) electrons. The summed E-state index contributed by atoms with van der Waals surface area (Å²) < 4.78 is 1.48. The Morgan fingerprint density at radius 3 is 2.79 bits per heavy atom. The fourth-order valence-corrected chi connectivity index (χ4v) is 4.34. The smallest absolute Gasteiger partial charge is 0.330 e. The van der Waals surface area contributed by atoms with Gasteiger partial charge in [0.15, 0.2) is 5.65 Å². The first-order valence-corrected chi connectivity index (χ1v) is 11.4. The fourth-order valence-electron chi connectivity index (χ4n) is 4.34. The summed E-state index contributed by atoms with van der Waals surface area (Å²) in [6, 6.07) is 9.76. The molecule has 1 aromatic carbocycles. The van der Waals surface area contributed by atoms with Crippen molar-refractivity contribution in [3.05, 3.63) is 74.2 Å². The molecule has 1 aliphatic rings. The third kappa shape index (κ3) is 4.08. The van der Waals surface area contributed by atoms with E-state index >= 15 is 0 Å².